The molecule has 1 aliphatic heterocycles. The molecule has 0 saturated carbocycles. The molecule has 1 radical (unpaired) electrons. The van der Waals surface area contributed by atoms with Crippen LogP contribution in [0.2, 0.25) is 0 Å². The van der Waals surface area contributed by atoms with E-state index < -0.39 is 0 Å². The lowest BCUT2D eigenvalue weighted by Gasteiger charge is -2.35. The van der Waals surface area contributed by atoms with E-state index in [0.717, 1.165) is 29.8 Å². The van der Waals surface area contributed by atoms with Crippen LogP contribution in [0.1, 0.15) is 22.9 Å². The van der Waals surface area contributed by atoms with Gasteiger partial charge in [-0.1, -0.05) is 18.2 Å². The summed E-state index contributed by atoms with van der Waals surface area (Å²) >= 11 is 0. The van der Waals surface area contributed by atoms with Crippen LogP contribution in [0.5, 0.6) is 0 Å². The summed E-state index contributed by atoms with van der Waals surface area (Å²) in [4.78, 5) is 18.1. The van der Waals surface area contributed by atoms with Crippen molar-refractivity contribution >= 4 is 5.91 Å². The van der Waals surface area contributed by atoms with Gasteiger partial charge >= 0.3 is 0 Å². The first-order valence-electron chi connectivity index (χ1n) is 6.64. The molecular formula is C15H17N4O. The Balaban J connectivity index is 1.92. The minimum atomic E-state index is -0.372. The van der Waals surface area contributed by atoms with Crippen LogP contribution in [0, 0.1) is 6.07 Å². The molecule has 20 heavy (non-hydrogen) atoms. The third-order valence-corrected chi connectivity index (χ3v) is 3.87. The molecule has 0 saturated heterocycles. The zero-order chi connectivity index (χ0) is 14.1. The number of rotatable bonds is 3. The highest BCUT2D eigenvalue weighted by molar-refractivity contribution is 5.82. The van der Waals surface area contributed by atoms with Gasteiger partial charge in [-0.3, -0.25) is 9.69 Å². The van der Waals surface area contributed by atoms with Crippen LogP contribution in [0.25, 0.3) is 0 Å². The van der Waals surface area contributed by atoms with Crippen LogP contribution < -0.4 is 5.73 Å². The van der Waals surface area contributed by atoms with Crippen molar-refractivity contribution < 1.29 is 4.79 Å². The number of fused-ring (bicyclic) bond motifs is 1. The number of nitrogens with two attached hydrogens (primary N) is 1. The van der Waals surface area contributed by atoms with Crippen LogP contribution in [-0.2, 0) is 24.8 Å². The summed E-state index contributed by atoms with van der Waals surface area (Å²) in [6.07, 6.45) is 4.50. The van der Waals surface area contributed by atoms with Gasteiger partial charge in [-0.05, 0) is 23.6 Å². The quantitative estimate of drug-likeness (QED) is 0.896. The van der Waals surface area contributed by atoms with E-state index in [9.17, 15) is 4.79 Å². The fourth-order valence-corrected chi connectivity index (χ4v) is 2.80. The standard InChI is InChI=1S/C15H17N4O/c1-18-10-17-8-12(18)9-19-7-6-11-4-2-3-5-13(11)14(19)15(16)20/h3-5,8,10,14H,6-7,9H2,1H3,(H2,16,20). The summed E-state index contributed by atoms with van der Waals surface area (Å²) in [7, 11) is 1.95. The van der Waals surface area contributed by atoms with Crippen LogP contribution in [0.3, 0.4) is 0 Å². The number of aryl methyl sites for hydroxylation is 1. The molecule has 1 aromatic carbocycles. The number of carbonyl (C=O) groups is 1. The largest absolute Gasteiger partial charge is 0.368 e. The summed E-state index contributed by atoms with van der Waals surface area (Å²) in [5.74, 6) is -0.306. The van der Waals surface area contributed by atoms with E-state index in [-0.39, 0.29) is 11.9 Å². The number of hydrogen-bond acceptors (Lipinski definition) is 3. The normalized spacial score (nSPS) is 18.8. The van der Waals surface area contributed by atoms with Gasteiger partial charge in [0.25, 0.3) is 0 Å². The average Bonchev–Trinajstić information content (AvgIpc) is 2.83. The highest BCUT2D eigenvalue weighted by atomic mass is 16.1. The molecule has 2 N–H and O–H groups in total. The van der Waals surface area contributed by atoms with E-state index in [1.807, 2.05) is 36.0 Å². The molecule has 1 aliphatic rings. The van der Waals surface area contributed by atoms with Gasteiger partial charge in [0.1, 0.15) is 6.04 Å². The minimum absolute atomic E-state index is 0.306. The van der Waals surface area contributed by atoms with E-state index in [2.05, 4.69) is 16.0 Å². The molecule has 0 bridgehead atoms. The van der Waals surface area contributed by atoms with Gasteiger partial charge in [-0.25, -0.2) is 4.98 Å². The third kappa shape index (κ3) is 2.20. The maximum atomic E-state index is 11.9. The number of hydrogen-bond donors (Lipinski definition) is 1. The van der Waals surface area contributed by atoms with Crippen molar-refractivity contribution in [2.24, 2.45) is 12.8 Å². The molecule has 1 atom stereocenters. The first-order chi connectivity index (χ1) is 9.66. The smallest absolute Gasteiger partial charge is 0.239 e. The van der Waals surface area contributed by atoms with Crippen molar-refractivity contribution in [2.45, 2.75) is 19.0 Å². The Bertz CT molecular complexity index is 634. The number of carbonyl (C=O) groups excluding carboxylic acids is 1. The maximum Gasteiger partial charge on any atom is 0.239 e. The highest BCUT2D eigenvalue weighted by Gasteiger charge is 2.31. The predicted molar refractivity (Wildman–Crippen MR) is 74.5 cm³/mol. The van der Waals surface area contributed by atoms with Crippen molar-refractivity contribution in [1.29, 1.82) is 0 Å². The van der Waals surface area contributed by atoms with E-state index >= 15 is 0 Å². The lowest BCUT2D eigenvalue weighted by Crippen LogP contribution is -2.42. The first kappa shape index (κ1) is 12.9. The van der Waals surface area contributed by atoms with Crippen LogP contribution in [-0.4, -0.2) is 26.9 Å². The maximum absolute atomic E-state index is 11.9. The topological polar surface area (TPSA) is 64.2 Å². The molecule has 0 fully saturated rings. The van der Waals surface area contributed by atoms with Crippen LogP contribution in [0.15, 0.2) is 30.7 Å². The van der Waals surface area contributed by atoms with Gasteiger partial charge in [0, 0.05) is 26.3 Å². The second kappa shape index (κ2) is 5.09. The molecule has 0 aliphatic carbocycles. The molecule has 2 aromatic rings. The summed E-state index contributed by atoms with van der Waals surface area (Å²) in [6.45, 7) is 1.48. The van der Waals surface area contributed by atoms with Gasteiger partial charge < -0.3 is 10.3 Å². The van der Waals surface area contributed by atoms with E-state index in [4.69, 9.17) is 5.73 Å². The van der Waals surface area contributed by atoms with Gasteiger partial charge in [-0.2, -0.15) is 0 Å². The third-order valence-electron chi connectivity index (χ3n) is 3.87. The fourth-order valence-electron chi connectivity index (χ4n) is 2.80. The SMILES string of the molecule is Cn1cncc1CN1CCc2c[c]ccc2C1C(N)=O. The number of imidazole rings is 1. The van der Waals surface area contributed by atoms with Crippen molar-refractivity contribution in [3.8, 4) is 0 Å². The molecule has 1 amide bonds. The summed E-state index contributed by atoms with van der Waals surface area (Å²) in [6, 6.07) is 8.42. The van der Waals surface area contributed by atoms with Gasteiger partial charge in [0.2, 0.25) is 5.91 Å². The Labute approximate surface area is 118 Å². The Hall–Kier alpha value is -2.14. The molecule has 1 unspecified atom stereocenters. The van der Waals surface area contributed by atoms with Crippen molar-refractivity contribution in [3.63, 3.8) is 0 Å². The molecular weight excluding hydrogens is 252 g/mol. The minimum Gasteiger partial charge on any atom is -0.368 e. The number of primary amides is 1. The molecule has 5 nitrogen and oxygen atoms in total. The van der Waals surface area contributed by atoms with E-state index in [1.165, 1.54) is 0 Å². The highest BCUT2D eigenvalue weighted by Crippen LogP contribution is 2.30. The Morgan fingerprint density at radius 3 is 3.15 bits per heavy atom. The van der Waals surface area contributed by atoms with Gasteiger partial charge in [0.05, 0.1) is 12.0 Å². The number of amides is 1. The predicted octanol–water partition coefficient (Wildman–Crippen LogP) is 0.805. The zero-order valence-electron chi connectivity index (χ0n) is 11.4. The average molecular weight is 269 g/mol. The van der Waals surface area contributed by atoms with Crippen LogP contribution >= 0.6 is 0 Å². The molecule has 3 rings (SSSR count). The van der Waals surface area contributed by atoms with Crippen LogP contribution in [0.4, 0.5) is 0 Å². The molecule has 5 heteroatoms. The van der Waals surface area contributed by atoms with Crippen molar-refractivity contribution in [2.75, 3.05) is 6.54 Å². The summed E-state index contributed by atoms with van der Waals surface area (Å²) in [5.41, 5.74) is 8.87. The Kier molecular flexibility index (Phi) is 3.28. The summed E-state index contributed by atoms with van der Waals surface area (Å²) < 4.78 is 1.96. The molecule has 2 heterocycles. The number of benzene rings is 1. The monoisotopic (exact) mass is 269 g/mol. The zero-order valence-corrected chi connectivity index (χ0v) is 11.4. The molecule has 0 spiro atoms. The van der Waals surface area contributed by atoms with Crippen molar-refractivity contribution in [3.05, 3.63) is 53.6 Å². The summed E-state index contributed by atoms with van der Waals surface area (Å²) in [5, 5.41) is 0. The Morgan fingerprint density at radius 2 is 2.45 bits per heavy atom. The van der Waals surface area contributed by atoms with E-state index in [0.29, 0.717) is 6.54 Å². The fraction of sp³-hybridized carbons (Fsp3) is 0.333. The van der Waals surface area contributed by atoms with Gasteiger partial charge in [0.15, 0.2) is 0 Å². The van der Waals surface area contributed by atoms with Crippen molar-refractivity contribution in [1.82, 2.24) is 14.5 Å². The second-order valence-corrected chi connectivity index (χ2v) is 5.15. The molecule has 103 valence electrons. The lowest BCUT2D eigenvalue weighted by atomic mass is 9.92. The van der Waals surface area contributed by atoms with E-state index in [1.54, 1.807) is 6.33 Å². The molecule has 1 aromatic heterocycles. The second-order valence-electron chi connectivity index (χ2n) is 5.15. The first-order valence-corrected chi connectivity index (χ1v) is 6.64. The number of nitrogens with zero attached hydrogens (tertiary/aromatic N) is 3. The lowest BCUT2D eigenvalue weighted by molar-refractivity contribution is -0.124. The van der Waals surface area contributed by atoms with Gasteiger partial charge in [-0.15, -0.1) is 0 Å². The Morgan fingerprint density at radius 1 is 1.60 bits per heavy atom. The number of aromatic nitrogens is 2.